The molecule has 0 aliphatic carbocycles. The van der Waals surface area contributed by atoms with E-state index in [1.54, 1.807) is 7.11 Å². The van der Waals surface area contributed by atoms with Crippen molar-refractivity contribution in [1.82, 2.24) is 4.90 Å². The molecule has 0 aromatic heterocycles. The van der Waals surface area contributed by atoms with Crippen molar-refractivity contribution in [2.75, 3.05) is 26.8 Å². The molecular formula is C19H20FNO4. The largest absolute Gasteiger partial charge is 0.497 e. The van der Waals surface area contributed by atoms with Crippen LogP contribution < -0.4 is 4.74 Å². The van der Waals surface area contributed by atoms with Crippen LogP contribution in [0, 0.1) is 5.82 Å². The molecule has 132 valence electrons. The van der Waals surface area contributed by atoms with Crippen molar-refractivity contribution in [3.8, 4) is 5.75 Å². The molecule has 2 aromatic rings. The molecule has 5 nitrogen and oxygen atoms in total. The third-order valence-electron chi connectivity index (χ3n) is 4.31. The minimum absolute atomic E-state index is 0.00409. The molecule has 25 heavy (non-hydrogen) atoms. The number of carboxylic acids is 1. The predicted molar refractivity (Wildman–Crippen MR) is 90.3 cm³/mol. The zero-order valence-electron chi connectivity index (χ0n) is 13.9. The van der Waals surface area contributed by atoms with Crippen LogP contribution in [0.2, 0.25) is 0 Å². The molecule has 0 spiro atoms. The molecule has 6 heteroatoms. The van der Waals surface area contributed by atoms with E-state index in [2.05, 4.69) is 4.90 Å². The maximum absolute atomic E-state index is 13.3. The summed E-state index contributed by atoms with van der Waals surface area (Å²) >= 11 is 0. The van der Waals surface area contributed by atoms with Gasteiger partial charge in [-0.15, -0.1) is 0 Å². The molecule has 1 heterocycles. The minimum atomic E-state index is -1.12. The maximum Gasteiger partial charge on any atom is 0.336 e. The second-order valence-electron chi connectivity index (χ2n) is 5.98. The van der Waals surface area contributed by atoms with Crippen LogP contribution in [0.1, 0.15) is 27.6 Å². The molecule has 1 unspecified atom stereocenters. The fourth-order valence-electron chi connectivity index (χ4n) is 3.02. The number of rotatable bonds is 5. The van der Waals surface area contributed by atoms with Crippen molar-refractivity contribution in [3.63, 3.8) is 0 Å². The molecular weight excluding hydrogens is 325 g/mol. The summed E-state index contributed by atoms with van der Waals surface area (Å²) in [6.45, 7) is 2.30. The van der Waals surface area contributed by atoms with Crippen LogP contribution in [0.3, 0.4) is 0 Å². The van der Waals surface area contributed by atoms with E-state index in [1.807, 2.05) is 24.3 Å². The molecule has 3 rings (SSSR count). The number of methoxy groups -OCH3 is 1. The number of halogens is 1. The van der Waals surface area contributed by atoms with Gasteiger partial charge in [-0.3, -0.25) is 4.90 Å². The summed E-state index contributed by atoms with van der Waals surface area (Å²) in [7, 11) is 1.62. The molecule has 1 atom stereocenters. The Kier molecular flexibility index (Phi) is 5.31. The van der Waals surface area contributed by atoms with Gasteiger partial charge in [-0.2, -0.15) is 0 Å². The lowest BCUT2D eigenvalue weighted by Crippen LogP contribution is -2.38. The average Bonchev–Trinajstić information content (AvgIpc) is 2.63. The number of benzene rings is 2. The molecule has 0 bridgehead atoms. The fourth-order valence-corrected chi connectivity index (χ4v) is 3.02. The lowest BCUT2D eigenvalue weighted by Gasteiger charge is -2.33. The lowest BCUT2D eigenvalue weighted by molar-refractivity contribution is -0.0330. The molecule has 1 fully saturated rings. The number of carbonyl (C=O) groups is 1. The van der Waals surface area contributed by atoms with Crippen molar-refractivity contribution < 1.29 is 23.8 Å². The van der Waals surface area contributed by atoms with Crippen molar-refractivity contribution in [3.05, 3.63) is 65.0 Å². The Bertz CT molecular complexity index is 765. The zero-order valence-corrected chi connectivity index (χ0v) is 13.9. The van der Waals surface area contributed by atoms with E-state index < -0.39 is 11.8 Å². The van der Waals surface area contributed by atoms with Gasteiger partial charge in [0.05, 0.1) is 25.4 Å². The third kappa shape index (κ3) is 4.15. The summed E-state index contributed by atoms with van der Waals surface area (Å²) in [5, 5.41) is 9.28. The summed E-state index contributed by atoms with van der Waals surface area (Å²) in [4.78, 5) is 13.5. The molecule has 0 amide bonds. The van der Waals surface area contributed by atoms with E-state index in [-0.39, 0.29) is 11.7 Å². The van der Waals surface area contributed by atoms with Crippen molar-refractivity contribution in [2.24, 2.45) is 0 Å². The van der Waals surface area contributed by atoms with Crippen LogP contribution in [0.4, 0.5) is 4.39 Å². The van der Waals surface area contributed by atoms with Crippen LogP contribution >= 0.6 is 0 Å². The smallest absolute Gasteiger partial charge is 0.336 e. The van der Waals surface area contributed by atoms with Gasteiger partial charge in [0.15, 0.2) is 0 Å². The predicted octanol–water partition coefficient (Wildman–Crippen LogP) is 3.11. The Hall–Kier alpha value is -2.44. The molecule has 1 aliphatic heterocycles. The second-order valence-corrected chi connectivity index (χ2v) is 5.98. The van der Waals surface area contributed by atoms with Crippen LogP contribution in [0.25, 0.3) is 0 Å². The maximum atomic E-state index is 13.3. The molecule has 1 N–H and O–H groups in total. The van der Waals surface area contributed by atoms with Gasteiger partial charge in [-0.1, -0.05) is 18.2 Å². The highest BCUT2D eigenvalue weighted by molar-refractivity contribution is 5.89. The van der Waals surface area contributed by atoms with E-state index in [9.17, 15) is 14.3 Å². The Morgan fingerprint density at radius 3 is 2.96 bits per heavy atom. The SMILES string of the molecule is COc1cccc(C2CN(Cc3ccc(F)cc3C(=O)O)CCO2)c1. The second kappa shape index (κ2) is 7.63. The van der Waals surface area contributed by atoms with Gasteiger partial charge < -0.3 is 14.6 Å². The number of ether oxygens (including phenoxy) is 2. The summed E-state index contributed by atoms with van der Waals surface area (Å²) in [6.07, 6.45) is -0.113. The van der Waals surface area contributed by atoms with E-state index in [0.717, 1.165) is 17.4 Å². The lowest BCUT2D eigenvalue weighted by atomic mass is 10.0. The number of nitrogens with zero attached hydrogens (tertiary/aromatic N) is 1. The number of morpholine rings is 1. The normalized spacial score (nSPS) is 18.1. The monoisotopic (exact) mass is 345 g/mol. The van der Waals surface area contributed by atoms with Crippen LogP contribution in [-0.2, 0) is 11.3 Å². The highest BCUT2D eigenvalue weighted by Gasteiger charge is 2.24. The van der Waals surface area contributed by atoms with E-state index in [4.69, 9.17) is 9.47 Å². The number of hydrogen-bond donors (Lipinski definition) is 1. The van der Waals surface area contributed by atoms with Crippen molar-refractivity contribution >= 4 is 5.97 Å². The van der Waals surface area contributed by atoms with E-state index in [0.29, 0.717) is 31.8 Å². The van der Waals surface area contributed by atoms with Gasteiger partial charge in [0, 0.05) is 19.6 Å². The number of carboxylic acid groups (broad SMARTS) is 1. The van der Waals surface area contributed by atoms with Crippen LogP contribution in [-0.4, -0.2) is 42.8 Å². The Morgan fingerprint density at radius 2 is 2.20 bits per heavy atom. The Balaban J connectivity index is 1.75. The quantitative estimate of drug-likeness (QED) is 0.902. The number of aromatic carboxylic acids is 1. The summed E-state index contributed by atoms with van der Waals surface area (Å²) in [5.41, 5.74) is 1.62. The van der Waals surface area contributed by atoms with Gasteiger partial charge in [-0.25, -0.2) is 9.18 Å². The fraction of sp³-hybridized carbons (Fsp3) is 0.316. The molecule has 0 radical (unpaired) electrons. The molecule has 0 saturated carbocycles. The van der Waals surface area contributed by atoms with E-state index in [1.165, 1.54) is 12.1 Å². The van der Waals surface area contributed by atoms with Gasteiger partial charge in [-0.05, 0) is 35.4 Å². The first-order chi connectivity index (χ1) is 12.1. The highest BCUT2D eigenvalue weighted by Crippen LogP contribution is 2.26. The summed E-state index contributed by atoms with van der Waals surface area (Å²) in [6, 6.07) is 11.6. The van der Waals surface area contributed by atoms with Gasteiger partial charge in [0.2, 0.25) is 0 Å². The topological polar surface area (TPSA) is 59.0 Å². The molecule has 1 saturated heterocycles. The van der Waals surface area contributed by atoms with Crippen molar-refractivity contribution in [2.45, 2.75) is 12.6 Å². The van der Waals surface area contributed by atoms with Crippen LogP contribution in [0.5, 0.6) is 5.75 Å². The molecule has 2 aromatic carbocycles. The highest BCUT2D eigenvalue weighted by atomic mass is 19.1. The summed E-state index contributed by atoms with van der Waals surface area (Å²) < 4.78 is 24.4. The third-order valence-corrected chi connectivity index (χ3v) is 4.31. The Morgan fingerprint density at radius 1 is 1.36 bits per heavy atom. The average molecular weight is 345 g/mol. The molecule has 1 aliphatic rings. The first kappa shape index (κ1) is 17.4. The minimum Gasteiger partial charge on any atom is -0.497 e. The van der Waals surface area contributed by atoms with Gasteiger partial charge >= 0.3 is 5.97 Å². The van der Waals surface area contributed by atoms with Gasteiger partial charge in [0.25, 0.3) is 0 Å². The zero-order chi connectivity index (χ0) is 17.8. The number of hydrogen-bond acceptors (Lipinski definition) is 4. The Labute approximate surface area is 145 Å². The standard InChI is InChI=1S/C19H20FNO4/c1-24-16-4-2-3-13(9-16)18-12-21(7-8-25-18)11-14-5-6-15(20)10-17(14)19(22)23/h2-6,9-10,18H,7-8,11-12H2,1H3,(H,22,23). The van der Waals surface area contributed by atoms with Crippen molar-refractivity contribution in [1.29, 1.82) is 0 Å². The van der Waals surface area contributed by atoms with Gasteiger partial charge in [0.1, 0.15) is 11.6 Å². The first-order valence-corrected chi connectivity index (χ1v) is 8.06. The van der Waals surface area contributed by atoms with Crippen LogP contribution in [0.15, 0.2) is 42.5 Å². The summed E-state index contributed by atoms with van der Waals surface area (Å²) in [5.74, 6) is -0.894. The first-order valence-electron chi connectivity index (χ1n) is 8.06. The van der Waals surface area contributed by atoms with E-state index >= 15 is 0 Å².